The molecule has 3 rings (SSSR count). The van der Waals surface area contributed by atoms with E-state index in [1.807, 2.05) is 12.1 Å². The summed E-state index contributed by atoms with van der Waals surface area (Å²) in [6, 6.07) is 7.16. The van der Waals surface area contributed by atoms with Crippen LogP contribution in [0, 0.1) is 0 Å². The molecule has 0 saturated heterocycles. The van der Waals surface area contributed by atoms with Gasteiger partial charge in [-0.3, -0.25) is 4.79 Å². The Morgan fingerprint density at radius 1 is 1.18 bits per heavy atom. The quantitative estimate of drug-likeness (QED) is 0.701. The molecule has 0 fully saturated rings. The molecule has 1 atom stereocenters. The smallest absolute Gasteiger partial charge is 0.341 e. The first-order valence-corrected chi connectivity index (χ1v) is 10.3. The normalized spacial score (nSPS) is 14.0. The van der Waals surface area contributed by atoms with Crippen molar-refractivity contribution in [3.63, 3.8) is 0 Å². The molecule has 0 aliphatic heterocycles. The minimum atomic E-state index is -0.759. The van der Waals surface area contributed by atoms with Gasteiger partial charge in [-0.25, -0.2) is 4.79 Å². The van der Waals surface area contributed by atoms with E-state index in [1.54, 1.807) is 33.1 Å². The lowest BCUT2D eigenvalue weighted by molar-refractivity contribution is -0.122. The SMILES string of the molecule is CCOC(=O)c1c(NC(=O)[C@@H](C)Oc2ccccc2OC)sc2c1CCCC2. The maximum atomic E-state index is 12.7. The molecule has 0 bridgehead atoms. The van der Waals surface area contributed by atoms with Crippen LogP contribution in [0.5, 0.6) is 11.5 Å². The number of anilines is 1. The van der Waals surface area contributed by atoms with Gasteiger partial charge in [0.15, 0.2) is 17.6 Å². The lowest BCUT2D eigenvalue weighted by Crippen LogP contribution is -2.30. The number of carbonyl (C=O) groups excluding carboxylic acids is 2. The number of carbonyl (C=O) groups is 2. The molecular weight excluding hydrogens is 378 g/mol. The number of nitrogens with one attached hydrogen (secondary N) is 1. The van der Waals surface area contributed by atoms with Gasteiger partial charge < -0.3 is 19.5 Å². The van der Waals surface area contributed by atoms with Crippen molar-refractivity contribution in [1.82, 2.24) is 0 Å². The largest absolute Gasteiger partial charge is 0.493 e. The summed E-state index contributed by atoms with van der Waals surface area (Å²) in [5, 5.41) is 3.42. The number of methoxy groups -OCH3 is 1. The van der Waals surface area contributed by atoms with Crippen molar-refractivity contribution >= 4 is 28.2 Å². The number of ether oxygens (including phenoxy) is 3. The standard InChI is InChI=1S/C21H25NO5S/c1-4-26-21(24)18-14-9-5-8-12-17(14)28-20(18)22-19(23)13(2)27-16-11-7-6-10-15(16)25-3/h6-7,10-11,13H,4-5,8-9,12H2,1-3H3,(H,22,23)/t13-/m1/s1. The van der Waals surface area contributed by atoms with E-state index in [1.165, 1.54) is 11.3 Å². The average Bonchev–Trinajstić information content (AvgIpc) is 3.06. The summed E-state index contributed by atoms with van der Waals surface area (Å²) in [7, 11) is 1.55. The van der Waals surface area contributed by atoms with Crippen LogP contribution < -0.4 is 14.8 Å². The number of para-hydroxylation sites is 2. The number of benzene rings is 1. The fourth-order valence-electron chi connectivity index (χ4n) is 3.25. The maximum Gasteiger partial charge on any atom is 0.341 e. The fourth-order valence-corrected chi connectivity index (χ4v) is 4.53. The summed E-state index contributed by atoms with van der Waals surface area (Å²) in [5.74, 6) is 0.343. The third kappa shape index (κ3) is 4.30. The van der Waals surface area contributed by atoms with Crippen LogP contribution in [0.4, 0.5) is 5.00 Å². The van der Waals surface area contributed by atoms with Crippen LogP contribution in [-0.2, 0) is 22.4 Å². The van der Waals surface area contributed by atoms with Gasteiger partial charge in [-0.05, 0) is 57.2 Å². The zero-order valence-electron chi connectivity index (χ0n) is 16.4. The summed E-state index contributed by atoms with van der Waals surface area (Å²) in [4.78, 5) is 26.4. The zero-order chi connectivity index (χ0) is 20.1. The first-order valence-electron chi connectivity index (χ1n) is 9.47. The summed E-state index contributed by atoms with van der Waals surface area (Å²) < 4.78 is 16.3. The van der Waals surface area contributed by atoms with Gasteiger partial charge >= 0.3 is 5.97 Å². The van der Waals surface area contributed by atoms with Gasteiger partial charge in [0, 0.05) is 4.88 Å². The Labute approximate surface area is 168 Å². The Balaban J connectivity index is 1.79. The number of thiophene rings is 1. The van der Waals surface area contributed by atoms with E-state index in [-0.39, 0.29) is 11.9 Å². The number of aryl methyl sites for hydroxylation is 1. The Hall–Kier alpha value is -2.54. The van der Waals surface area contributed by atoms with Crippen LogP contribution in [0.2, 0.25) is 0 Å². The highest BCUT2D eigenvalue weighted by molar-refractivity contribution is 7.17. The number of amides is 1. The Morgan fingerprint density at radius 3 is 2.61 bits per heavy atom. The molecule has 1 amide bonds. The van der Waals surface area contributed by atoms with Crippen molar-refractivity contribution in [3.05, 3.63) is 40.3 Å². The van der Waals surface area contributed by atoms with E-state index in [0.29, 0.717) is 28.7 Å². The zero-order valence-corrected chi connectivity index (χ0v) is 17.2. The number of rotatable bonds is 7. The van der Waals surface area contributed by atoms with E-state index in [2.05, 4.69) is 5.32 Å². The number of fused-ring (bicyclic) bond motifs is 1. The summed E-state index contributed by atoms with van der Waals surface area (Å²) >= 11 is 1.46. The monoisotopic (exact) mass is 403 g/mol. The lowest BCUT2D eigenvalue weighted by Gasteiger charge is -2.16. The topological polar surface area (TPSA) is 73.9 Å². The van der Waals surface area contributed by atoms with Gasteiger partial charge in [-0.1, -0.05) is 12.1 Å². The average molecular weight is 404 g/mol. The van der Waals surface area contributed by atoms with Crippen LogP contribution in [0.25, 0.3) is 0 Å². The van der Waals surface area contributed by atoms with Gasteiger partial charge in [-0.2, -0.15) is 0 Å². The lowest BCUT2D eigenvalue weighted by atomic mass is 9.95. The van der Waals surface area contributed by atoms with Crippen LogP contribution in [0.1, 0.15) is 47.5 Å². The molecular formula is C21H25NO5S. The van der Waals surface area contributed by atoms with Crippen molar-refractivity contribution in [2.45, 2.75) is 45.6 Å². The van der Waals surface area contributed by atoms with Gasteiger partial charge in [0.05, 0.1) is 19.3 Å². The summed E-state index contributed by atoms with van der Waals surface area (Å²) in [6.07, 6.45) is 3.14. The molecule has 1 aromatic carbocycles. The van der Waals surface area contributed by atoms with Crippen LogP contribution in [-0.4, -0.2) is 31.7 Å². The Morgan fingerprint density at radius 2 is 1.89 bits per heavy atom. The van der Waals surface area contributed by atoms with Crippen molar-refractivity contribution in [1.29, 1.82) is 0 Å². The summed E-state index contributed by atoms with van der Waals surface area (Å²) in [6.45, 7) is 3.74. The van der Waals surface area contributed by atoms with Gasteiger partial charge in [0.1, 0.15) is 5.00 Å². The second-order valence-electron chi connectivity index (χ2n) is 6.54. The molecule has 1 heterocycles. The number of esters is 1. The van der Waals surface area contributed by atoms with E-state index in [0.717, 1.165) is 36.1 Å². The molecule has 6 nitrogen and oxygen atoms in total. The highest BCUT2D eigenvalue weighted by Crippen LogP contribution is 2.38. The molecule has 1 aromatic heterocycles. The van der Waals surface area contributed by atoms with Crippen molar-refractivity contribution in [3.8, 4) is 11.5 Å². The molecule has 0 spiro atoms. The molecule has 150 valence electrons. The van der Waals surface area contributed by atoms with Crippen molar-refractivity contribution < 1.29 is 23.8 Å². The van der Waals surface area contributed by atoms with E-state index in [9.17, 15) is 9.59 Å². The van der Waals surface area contributed by atoms with Crippen LogP contribution in [0.3, 0.4) is 0 Å². The van der Waals surface area contributed by atoms with Crippen molar-refractivity contribution in [2.75, 3.05) is 19.0 Å². The maximum absolute atomic E-state index is 12.7. The third-order valence-electron chi connectivity index (χ3n) is 4.63. The molecule has 0 unspecified atom stereocenters. The minimum Gasteiger partial charge on any atom is -0.493 e. The Kier molecular flexibility index (Phi) is 6.57. The number of hydrogen-bond acceptors (Lipinski definition) is 6. The molecule has 2 aromatic rings. The summed E-state index contributed by atoms with van der Waals surface area (Å²) in [5.41, 5.74) is 1.52. The predicted molar refractivity (Wildman–Crippen MR) is 109 cm³/mol. The highest BCUT2D eigenvalue weighted by atomic mass is 32.1. The molecule has 1 aliphatic rings. The molecule has 1 N–H and O–H groups in total. The van der Waals surface area contributed by atoms with Gasteiger partial charge in [-0.15, -0.1) is 11.3 Å². The second-order valence-corrected chi connectivity index (χ2v) is 7.64. The van der Waals surface area contributed by atoms with E-state index >= 15 is 0 Å². The van der Waals surface area contributed by atoms with E-state index in [4.69, 9.17) is 14.2 Å². The fraction of sp³-hybridized carbons (Fsp3) is 0.429. The second kappa shape index (κ2) is 9.10. The molecule has 0 radical (unpaired) electrons. The number of hydrogen-bond donors (Lipinski definition) is 1. The first-order chi connectivity index (χ1) is 13.5. The Bertz CT molecular complexity index is 860. The van der Waals surface area contributed by atoms with Crippen LogP contribution in [0.15, 0.2) is 24.3 Å². The molecule has 28 heavy (non-hydrogen) atoms. The molecule has 0 saturated carbocycles. The van der Waals surface area contributed by atoms with Gasteiger partial charge in [0.25, 0.3) is 5.91 Å². The predicted octanol–water partition coefficient (Wildman–Crippen LogP) is 4.22. The van der Waals surface area contributed by atoms with Crippen LogP contribution >= 0.6 is 11.3 Å². The van der Waals surface area contributed by atoms with Crippen molar-refractivity contribution in [2.24, 2.45) is 0 Å². The van der Waals surface area contributed by atoms with Gasteiger partial charge in [0.2, 0.25) is 0 Å². The third-order valence-corrected chi connectivity index (χ3v) is 5.84. The van der Waals surface area contributed by atoms with E-state index < -0.39 is 6.10 Å². The highest BCUT2D eigenvalue weighted by Gasteiger charge is 2.28. The molecule has 7 heteroatoms. The minimum absolute atomic E-state index is 0.296. The molecule has 1 aliphatic carbocycles. The first kappa shape index (κ1) is 20.2.